The van der Waals surface area contributed by atoms with Crippen molar-refractivity contribution in [3.63, 3.8) is 0 Å². The van der Waals surface area contributed by atoms with E-state index in [4.69, 9.17) is 4.74 Å². The number of hydrogen-bond acceptors (Lipinski definition) is 4. The summed E-state index contributed by atoms with van der Waals surface area (Å²) in [6.45, 7) is 10.7. The monoisotopic (exact) mass is 357 g/mol. The van der Waals surface area contributed by atoms with Gasteiger partial charge in [0.15, 0.2) is 0 Å². The molecule has 0 saturated carbocycles. The lowest BCUT2D eigenvalue weighted by atomic mass is 9.99. The Hall–Kier alpha value is -1.69. The average Bonchev–Trinajstić information content (AvgIpc) is 2.68. The van der Waals surface area contributed by atoms with Crippen molar-refractivity contribution >= 4 is 11.5 Å². The van der Waals surface area contributed by atoms with Crippen LogP contribution in [0.1, 0.15) is 25.8 Å². The van der Waals surface area contributed by atoms with Gasteiger partial charge in [-0.1, -0.05) is 36.4 Å². The number of ether oxygens (including phenoxy) is 1. The fourth-order valence-corrected chi connectivity index (χ4v) is 3.62. The second kappa shape index (κ2) is 8.80. The number of nitrogens with one attached hydrogen (secondary N) is 1. The lowest BCUT2D eigenvalue weighted by Crippen LogP contribution is -2.56. The van der Waals surface area contributed by atoms with Crippen LogP contribution in [0.5, 0.6) is 0 Å². The Morgan fingerprint density at radius 2 is 1.88 bits per heavy atom. The summed E-state index contributed by atoms with van der Waals surface area (Å²) >= 11 is 0. The van der Waals surface area contributed by atoms with Gasteiger partial charge in [-0.05, 0) is 31.4 Å². The van der Waals surface area contributed by atoms with E-state index in [0.29, 0.717) is 13.1 Å². The maximum Gasteiger partial charge on any atom is 0.234 e. The first-order valence-electron chi connectivity index (χ1n) is 9.61. The van der Waals surface area contributed by atoms with Gasteiger partial charge in [0.05, 0.1) is 19.8 Å². The fraction of sp³-hybridized carbons (Fsp3) is 0.571. The van der Waals surface area contributed by atoms with Gasteiger partial charge in [0.25, 0.3) is 0 Å². The minimum atomic E-state index is -0.0400. The van der Waals surface area contributed by atoms with Crippen molar-refractivity contribution < 1.29 is 9.53 Å². The van der Waals surface area contributed by atoms with E-state index in [2.05, 4.69) is 59.3 Å². The molecule has 1 aromatic rings. The Kier molecular flexibility index (Phi) is 6.46. The molecule has 1 fully saturated rings. The van der Waals surface area contributed by atoms with Gasteiger partial charge in [-0.25, -0.2) is 0 Å². The maximum absolute atomic E-state index is 12.4. The molecule has 0 bridgehead atoms. The maximum atomic E-state index is 12.4. The van der Waals surface area contributed by atoms with Crippen LogP contribution in [0, 0.1) is 0 Å². The largest absolute Gasteiger partial charge is 0.379 e. The van der Waals surface area contributed by atoms with Crippen LogP contribution < -0.4 is 5.32 Å². The first kappa shape index (κ1) is 19.1. The zero-order valence-corrected chi connectivity index (χ0v) is 16.0. The summed E-state index contributed by atoms with van der Waals surface area (Å²) in [4.78, 5) is 17.0. The van der Waals surface area contributed by atoms with E-state index < -0.39 is 0 Å². The van der Waals surface area contributed by atoms with Crippen LogP contribution in [0.2, 0.25) is 0 Å². The van der Waals surface area contributed by atoms with Gasteiger partial charge in [-0.2, -0.15) is 0 Å². The average molecular weight is 357 g/mol. The third-order valence-electron chi connectivity index (χ3n) is 5.39. The first-order chi connectivity index (χ1) is 12.5. The Labute approximate surface area is 157 Å². The van der Waals surface area contributed by atoms with Crippen molar-refractivity contribution in [1.82, 2.24) is 15.1 Å². The number of rotatable bonds is 6. The summed E-state index contributed by atoms with van der Waals surface area (Å²) in [5.41, 5.74) is 2.64. The van der Waals surface area contributed by atoms with Gasteiger partial charge >= 0.3 is 0 Å². The van der Waals surface area contributed by atoms with Crippen LogP contribution >= 0.6 is 0 Å². The Bertz CT molecular complexity index is 621. The third kappa shape index (κ3) is 5.16. The van der Waals surface area contributed by atoms with Gasteiger partial charge < -0.3 is 10.1 Å². The van der Waals surface area contributed by atoms with Crippen molar-refractivity contribution in [2.75, 3.05) is 52.5 Å². The molecule has 0 aliphatic carbocycles. The van der Waals surface area contributed by atoms with Crippen LogP contribution in [-0.2, 0) is 9.53 Å². The molecule has 2 aliphatic rings. The lowest BCUT2D eigenvalue weighted by molar-refractivity contribution is -0.123. The molecule has 1 aromatic carbocycles. The van der Waals surface area contributed by atoms with Crippen molar-refractivity contribution in [2.45, 2.75) is 25.8 Å². The molecule has 0 atom stereocenters. The minimum absolute atomic E-state index is 0.0400. The number of benzene rings is 1. The van der Waals surface area contributed by atoms with E-state index >= 15 is 0 Å². The van der Waals surface area contributed by atoms with Crippen molar-refractivity contribution in [1.29, 1.82) is 0 Å². The molecule has 1 saturated heterocycles. The van der Waals surface area contributed by atoms with Crippen molar-refractivity contribution in [3.05, 3.63) is 42.0 Å². The predicted molar refractivity (Wildman–Crippen MR) is 105 cm³/mol. The zero-order chi connectivity index (χ0) is 18.4. The second-order valence-electron chi connectivity index (χ2n) is 7.77. The Morgan fingerprint density at radius 1 is 1.15 bits per heavy atom. The van der Waals surface area contributed by atoms with E-state index in [9.17, 15) is 4.79 Å². The van der Waals surface area contributed by atoms with Gasteiger partial charge in [-0.15, -0.1) is 0 Å². The summed E-state index contributed by atoms with van der Waals surface area (Å²) < 4.78 is 5.42. The Balaban J connectivity index is 1.43. The number of hydrogen-bond donors (Lipinski definition) is 1. The highest BCUT2D eigenvalue weighted by Crippen LogP contribution is 2.21. The molecular formula is C21H31N3O2. The Morgan fingerprint density at radius 3 is 2.54 bits per heavy atom. The highest BCUT2D eigenvalue weighted by atomic mass is 16.5. The van der Waals surface area contributed by atoms with Gasteiger partial charge in [0, 0.05) is 38.3 Å². The van der Waals surface area contributed by atoms with Crippen molar-refractivity contribution in [2.24, 2.45) is 0 Å². The molecule has 0 spiro atoms. The summed E-state index contributed by atoms with van der Waals surface area (Å²) in [5.74, 6) is 0.114. The SMILES string of the molecule is CC(C)(CNC(=O)CN1CC=C(c2ccccc2)CC1)N1CCOCC1. The van der Waals surface area contributed by atoms with Crippen molar-refractivity contribution in [3.8, 4) is 0 Å². The molecule has 0 radical (unpaired) electrons. The summed E-state index contributed by atoms with van der Waals surface area (Å²) in [6, 6.07) is 10.5. The molecular weight excluding hydrogens is 326 g/mol. The molecule has 2 heterocycles. The van der Waals surface area contributed by atoms with E-state index in [0.717, 1.165) is 45.8 Å². The summed E-state index contributed by atoms with van der Waals surface area (Å²) in [5, 5.41) is 3.13. The number of nitrogens with zero attached hydrogens (tertiary/aromatic N) is 2. The van der Waals surface area contributed by atoms with E-state index in [1.165, 1.54) is 11.1 Å². The van der Waals surface area contributed by atoms with E-state index in [1.54, 1.807) is 0 Å². The molecule has 0 unspecified atom stereocenters. The smallest absolute Gasteiger partial charge is 0.234 e. The van der Waals surface area contributed by atoms with Crippen LogP contribution in [0.3, 0.4) is 0 Å². The van der Waals surface area contributed by atoms with Crippen LogP contribution in [-0.4, -0.2) is 73.7 Å². The first-order valence-corrected chi connectivity index (χ1v) is 9.61. The predicted octanol–water partition coefficient (Wildman–Crippen LogP) is 2.00. The number of amides is 1. The molecule has 5 heteroatoms. The summed E-state index contributed by atoms with van der Waals surface area (Å²) in [7, 11) is 0. The molecule has 1 amide bonds. The van der Waals surface area contributed by atoms with Gasteiger partial charge in [0.1, 0.15) is 0 Å². The highest BCUT2D eigenvalue weighted by Gasteiger charge is 2.28. The second-order valence-corrected chi connectivity index (χ2v) is 7.77. The molecule has 5 nitrogen and oxygen atoms in total. The molecule has 1 N–H and O–H groups in total. The highest BCUT2D eigenvalue weighted by molar-refractivity contribution is 5.78. The van der Waals surface area contributed by atoms with Gasteiger partial charge in [-0.3, -0.25) is 14.6 Å². The van der Waals surface area contributed by atoms with Crippen LogP contribution in [0.25, 0.3) is 5.57 Å². The minimum Gasteiger partial charge on any atom is -0.379 e. The zero-order valence-electron chi connectivity index (χ0n) is 16.0. The third-order valence-corrected chi connectivity index (χ3v) is 5.39. The lowest BCUT2D eigenvalue weighted by Gasteiger charge is -2.41. The number of carbonyl (C=O) groups is 1. The quantitative estimate of drug-likeness (QED) is 0.846. The molecule has 2 aliphatic heterocycles. The standard InChI is InChI=1S/C21H31N3O2/c1-21(2,24-12-14-26-15-13-24)17-22-20(25)16-23-10-8-19(9-11-23)18-6-4-3-5-7-18/h3-8H,9-17H2,1-2H3,(H,22,25). The normalized spacial score (nSPS) is 19.8. The molecule has 142 valence electrons. The molecule has 0 aromatic heterocycles. The topological polar surface area (TPSA) is 44.8 Å². The molecule has 26 heavy (non-hydrogen) atoms. The molecule has 3 rings (SSSR count). The van der Waals surface area contributed by atoms with E-state index in [-0.39, 0.29) is 11.4 Å². The van der Waals surface area contributed by atoms with Crippen LogP contribution in [0.4, 0.5) is 0 Å². The summed E-state index contributed by atoms with van der Waals surface area (Å²) in [6.07, 6.45) is 3.25. The number of carbonyl (C=O) groups excluding carboxylic acids is 1. The van der Waals surface area contributed by atoms with E-state index in [1.807, 2.05) is 6.07 Å². The number of morpholine rings is 1. The fourth-order valence-electron chi connectivity index (χ4n) is 3.62. The van der Waals surface area contributed by atoms with Gasteiger partial charge in [0.2, 0.25) is 5.91 Å². The van der Waals surface area contributed by atoms with Crippen LogP contribution in [0.15, 0.2) is 36.4 Å².